The van der Waals surface area contributed by atoms with Crippen molar-refractivity contribution in [3.8, 4) is 0 Å². The predicted molar refractivity (Wildman–Crippen MR) is 127 cm³/mol. The highest BCUT2D eigenvalue weighted by atomic mass is 35.5. The van der Waals surface area contributed by atoms with E-state index in [4.69, 9.17) is 11.6 Å². The molecule has 11 heteroatoms. The van der Waals surface area contributed by atoms with E-state index < -0.39 is 10.0 Å². The van der Waals surface area contributed by atoms with Gasteiger partial charge >= 0.3 is 0 Å². The van der Waals surface area contributed by atoms with Crippen molar-refractivity contribution in [1.82, 2.24) is 19.2 Å². The number of carbonyl (C=O) groups excluding carboxylic acids is 1. The summed E-state index contributed by atoms with van der Waals surface area (Å²) < 4.78 is 27.1. The molecule has 1 fully saturated rings. The van der Waals surface area contributed by atoms with Crippen LogP contribution in [0.2, 0.25) is 5.02 Å². The van der Waals surface area contributed by atoms with E-state index in [1.54, 1.807) is 24.9 Å². The molecule has 0 atom stereocenters. The molecule has 0 radical (unpaired) electrons. The van der Waals surface area contributed by atoms with Gasteiger partial charge in [0.1, 0.15) is 10.3 Å². The van der Waals surface area contributed by atoms with Gasteiger partial charge in [0.05, 0.1) is 15.5 Å². The number of amides is 1. The minimum absolute atomic E-state index is 0.0783. The first-order valence-corrected chi connectivity index (χ1v) is 13.0. The van der Waals surface area contributed by atoms with Gasteiger partial charge in [0, 0.05) is 45.5 Å². The highest BCUT2D eigenvalue weighted by Gasteiger charge is 2.28. The second-order valence-electron chi connectivity index (χ2n) is 7.33. The zero-order valence-electron chi connectivity index (χ0n) is 17.9. The summed E-state index contributed by atoms with van der Waals surface area (Å²) >= 11 is 7.83. The van der Waals surface area contributed by atoms with Gasteiger partial charge < -0.3 is 9.80 Å². The quantitative estimate of drug-likeness (QED) is 0.523. The lowest BCUT2D eigenvalue weighted by Crippen LogP contribution is -2.48. The van der Waals surface area contributed by atoms with E-state index in [0.717, 1.165) is 15.5 Å². The second-order valence-corrected chi connectivity index (χ2v) is 10.6. The highest BCUT2D eigenvalue weighted by molar-refractivity contribution is 7.89. The van der Waals surface area contributed by atoms with Gasteiger partial charge in [-0.3, -0.25) is 4.79 Å². The van der Waals surface area contributed by atoms with Crippen LogP contribution in [0.4, 0.5) is 5.13 Å². The van der Waals surface area contributed by atoms with Gasteiger partial charge in [0.25, 0.3) is 5.91 Å². The number of halogens is 1. The fourth-order valence-electron chi connectivity index (χ4n) is 3.71. The molecule has 0 spiro atoms. The van der Waals surface area contributed by atoms with Gasteiger partial charge in [0.15, 0.2) is 5.13 Å². The molecular formula is C21H24ClN5O3S2. The van der Waals surface area contributed by atoms with E-state index >= 15 is 0 Å². The Balaban J connectivity index is 1.50. The molecule has 1 saturated heterocycles. The van der Waals surface area contributed by atoms with Crippen molar-refractivity contribution in [2.45, 2.75) is 18.7 Å². The predicted octanol–water partition coefficient (Wildman–Crippen LogP) is 3.34. The van der Waals surface area contributed by atoms with Crippen LogP contribution in [0.1, 0.15) is 24.2 Å². The number of hydrogen-bond donors (Lipinski definition) is 0. The Kier molecular flexibility index (Phi) is 6.66. The van der Waals surface area contributed by atoms with Gasteiger partial charge in [-0.05, 0) is 30.3 Å². The van der Waals surface area contributed by atoms with Crippen LogP contribution in [-0.2, 0) is 10.0 Å². The highest BCUT2D eigenvalue weighted by Crippen LogP contribution is 2.29. The molecule has 3 aromatic rings. The Labute approximate surface area is 196 Å². The lowest BCUT2D eigenvalue weighted by Gasteiger charge is -2.34. The number of carbonyl (C=O) groups is 1. The smallest absolute Gasteiger partial charge is 0.255 e. The number of piperazine rings is 1. The first-order chi connectivity index (χ1) is 15.3. The van der Waals surface area contributed by atoms with Crippen molar-refractivity contribution in [2.24, 2.45) is 0 Å². The Bertz CT molecular complexity index is 1200. The number of anilines is 1. The molecule has 1 amide bonds. The number of fused-ring (bicyclic) bond motifs is 1. The molecule has 8 nitrogen and oxygen atoms in total. The molecule has 0 saturated carbocycles. The lowest BCUT2D eigenvalue weighted by molar-refractivity contribution is 0.0746. The molecule has 3 heterocycles. The summed E-state index contributed by atoms with van der Waals surface area (Å²) in [5, 5.41) is 1.13. The van der Waals surface area contributed by atoms with Crippen molar-refractivity contribution in [1.29, 1.82) is 0 Å². The number of hydrogen-bond acceptors (Lipinski definition) is 7. The summed E-state index contributed by atoms with van der Waals surface area (Å²) in [5.74, 6) is -0.266. The van der Waals surface area contributed by atoms with Gasteiger partial charge in [-0.1, -0.05) is 36.8 Å². The average Bonchev–Trinajstić information content (AvgIpc) is 3.24. The fraction of sp³-hybridized carbons (Fsp3) is 0.381. The Morgan fingerprint density at radius 2 is 1.88 bits per heavy atom. The third kappa shape index (κ3) is 4.32. The largest absolute Gasteiger partial charge is 0.344 e. The molecule has 2 aromatic heterocycles. The average molecular weight is 494 g/mol. The van der Waals surface area contributed by atoms with Crippen molar-refractivity contribution in [3.05, 3.63) is 47.1 Å². The van der Waals surface area contributed by atoms with Gasteiger partial charge in [0.2, 0.25) is 10.0 Å². The van der Waals surface area contributed by atoms with Crippen LogP contribution in [0.15, 0.2) is 41.4 Å². The van der Waals surface area contributed by atoms with E-state index in [1.807, 2.05) is 12.1 Å². The number of pyridine rings is 1. The van der Waals surface area contributed by atoms with Crippen LogP contribution < -0.4 is 4.90 Å². The van der Waals surface area contributed by atoms with Crippen LogP contribution in [-0.4, -0.2) is 72.8 Å². The second kappa shape index (κ2) is 9.30. The van der Waals surface area contributed by atoms with Gasteiger partial charge in [-0.15, -0.1) is 0 Å². The molecule has 0 unspecified atom stereocenters. The number of thiazole rings is 1. The summed E-state index contributed by atoms with van der Waals surface area (Å²) in [4.78, 5) is 27.0. The van der Waals surface area contributed by atoms with E-state index in [9.17, 15) is 13.2 Å². The molecule has 1 aromatic carbocycles. The Morgan fingerprint density at radius 3 is 2.53 bits per heavy atom. The molecule has 0 aliphatic carbocycles. The van der Waals surface area contributed by atoms with Crippen molar-refractivity contribution in [2.75, 3.05) is 44.2 Å². The first kappa shape index (κ1) is 22.9. The number of nitrogens with zero attached hydrogens (tertiary/aromatic N) is 5. The number of sulfonamides is 1. The summed E-state index contributed by atoms with van der Waals surface area (Å²) in [7, 11) is -3.68. The van der Waals surface area contributed by atoms with Crippen molar-refractivity contribution < 1.29 is 13.2 Å². The number of benzene rings is 1. The Morgan fingerprint density at radius 1 is 1.16 bits per heavy atom. The first-order valence-electron chi connectivity index (χ1n) is 10.4. The molecule has 1 aliphatic heterocycles. The van der Waals surface area contributed by atoms with E-state index in [0.29, 0.717) is 39.3 Å². The monoisotopic (exact) mass is 493 g/mol. The minimum Gasteiger partial charge on any atom is -0.344 e. The van der Waals surface area contributed by atoms with E-state index in [1.165, 1.54) is 33.8 Å². The molecule has 1 aliphatic rings. The normalized spacial score (nSPS) is 15.0. The lowest BCUT2D eigenvalue weighted by atomic mass is 10.2. The third-order valence-electron chi connectivity index (χ3n) is 5.50. The summed E-state index contributed by atoms with van der Waals surface area (Å²) in [6.45, 7) is 6.51. The maximum Gasteiger partial charge on any atom is 0.255 e. The van der Waals surface area contributed by atoms with Crippen LogP contribution >= 0.6 is 22.9 Å². The molecule has 170 valence electrons. The standard InChI is InChI=1S/C21H24ClN5O3S2/c1-3-27(4-2)32(29,30)15-7-8-17(22)16(14-15)20(28)25-10-12-26(13-11-25)21-24-18-6-5-9-23-19(18)31-21/h5-9,14H,3-4,10-13H2,1-2H3. The minimum atomic E-state index is -3.68. The molecule has 4 rings (SSSR count). The zero-order chi connectivity index (χ0) is 22.9. The summed E-state index contributed by atoms with van der Waals surface area (Å²) in [6, 6.07) is 8.12. The Hall–Kier alpha value is -2.27. The van der Waals surface area contributed by atoms with Crippen LogP contribution in [0.5, 0.6) is 0 Å². The van der Waals surface area contributed by atoms with Gasteiger partial charge in [-0.2, -0.15) is 4.31 Å². The SMILES string of the molecule is CCN(CC)S(=O)(=O)c1ccc(Cl)c(C(=O)N2CCN(c3nc4cccnc4s3)CC2)c1. The summed E-state index contributed by atoms with van der Waals surface area (Å²) in [6.07, 6.45) is 1.75. The molecule has 0 bridgehead atoms. The van der Waals surface area contributed by atoms with Crippen molar-refractivity contribution in [3.63, 3.8) is 0 Å². The van der Waals surface area contributed by atoms with E-state index in [2.05, 4.69) is 14.9 Å². The van der Waals surface area contributed by atoms with E-state index in [-0.39, 0.29) is 21.4 Å². The van der Waals surface area contributed by atoms with Crippen molar-refractivity contribution >= 4 is 54.3 Å². The topological polar surface area (TPSA) is 86.7 Å². The van der Waals surface area contributed by atoms with Crippen LogP contribution in [0, 0.1) is 0 Å². The summed E-state index contributed by atoms with van der Waals surface area (Å²) in [5.41, 5.74) is 1.07. The third-order valence-corrected chi connectivity index (χ3v) is 8.92. The van der Waals surface area contributed by atoms with Crippen LogP contribution in [0.25, 0.3) is 10.3 Å². The maximum atomic E-state index is 13.2. The van der Waals surface area contributed by atoms with Gasteiger partial charge in [-0.25, -0.2) is 18.4 Å². The maximum absolute atomic E-state index is 13.2. The number of aromatic nitrogens is 2. The molecule has 32 heavy (non-hydrogen) atoms. The fourth-order valence-corrected chi connectivity index (χ4v) is 6.35. The zero-order valence-corrected chi connectivity index (χ0v) is 20.3. The molecular weight excluding hydrogens is 470 g/mol. The molecule has 0 N–H and O–H groups in total. The van der Waals surface area contributed by atoms with Crippen LogP contribution in [0.3, 0.4) is 0 Å². The number of rotatable bonds is 6.